The van der Waals surface area contributed by atoms with Crippen LogP contribution in [0.2, 0.25) is 0 Å². The van der Waals surface area contributed by atoms with Gasteiger partial charge >= 0.3 is 6.09 Å². The fraction of sp³-hybridized carbons (Fsp3) is 0.458. The van der Waals surface area contributed by atoms with E-state index in [1.165, 1.54) is 24.2 Å². The summed E-state index contributed by atoms with van der Waals surface area (Å²) >= 11 is 0. The molecule has 2 aromatic rings. The van der Waals surface area contributed by atoms with Crippen LogP contribution in [0.5, 0.6) is 0 Å². The van der Waals surface area contributed by atoms with E-state index in [0.717, 1.165) is 18.4 Å². The van der Waals surface area contributed by atoms with E-state index in [1.54, 1.807) is 18.2 Å². The van der Waals surface area contributed by atoms with Gasteiger partial charge in [-0.15, -0.1) is 0 Å². The summed E-state index contributed by atoms with van der Waals surface area (Å²) in [4.78, 5) is 39.4. The number of amides is 3. The standard InChI is InChI=1S/C24H29FN4O5/c1-3-16-9-11-33-22(16)23(31)27-21-6-4-5-10-28(21)20-8-7-17(12-19(20)25)29-14-18(34-24(29)32)13-26-15(2)30/h7-9,11-12,18,21H,3-6,10,13-14H2,1-2H3,(H,26,30)(H,27,31)/t18-,21-/m0/s1. The summed E-state index contributed by atoms with van der Waals surface area (Å²) in [5, 5.41) is 5.60. The maximum atomic E-state index is 15.3. The number of carbonyl (C=O) groups is 3. The normalized spacial score (nSPS) is 20.3. The maximum absolute atomic E-state index is 15.3. The number of ether oxygens (including phenoxy) is 1. The number of hydrogen-bond donors (Lipinski definition) is 2. The summed E-state index contributed by atoms with van der Waals surface area (Å²) in [6.07, 6.45) is 3.16. The largest absolute Gasteiger partial charge is 0.459 e. The first-order chi connectivity index (χ1) is 16.4. The van der Waals surface area contributed by atoms with Gasteiger partial charge in [0.1, 0.15) is 18.1 Å². The zero-order valence-corrected chi connectivity index (χ0v) is 19.3. The molecule has 0 radical (unpaired) electrons. The van der Waals surface area contributed by atoms with Gasteiger partial charge < -0.3 is 24.7 Å². The molecule has 0 unspecified atom stereocenters. The summed E-state index contributed by atoms with van der Waals surface area (Å²) in [6.45, 7) is 4.33. The molecular weight excluding hydrogens is 443 g/mol. The van der Waals surface area contributed by atoms with Crippen LogP contribution < -0.4 is 20.4 Å². The number of anilines is 2. The van der Waals surface area contributed by atoms with Gasteiger partial charge in [0.25, 0.3) is 5.91 Å². The first-order valence-corrected chi connectivity index (χ1v) is 11.5. The van der Waals surface area contributed by atoms with Crippen LogP contribution in [0, 0.1) is 5.82 Å². The number of furan rings is 1. The highest BCUT2D eigenvalue weighted by atomic mass is 19.1. The predicted octanol–water partition coefficient (Wildman–Crippen LogP) is 3.19. The highest BCUT2D eigenvalue weighted by Gasteiger charge is 2.34. The van der Waals surface area contributed by atoms with Crippen LogP contribution in [-0.4, -0.2) is 49.8 Å². The number of cyclic esters (lactones) is 1. The number of rotatable bonds is 7. The van der Waals surface area contributed by atoms with E-state index in [0.29, 0.717) is 30.8 Å². The molecule has 1 aromatic carbocycles. The zero-order valence-electron chi connectivity index (χ0n) is 19.3. The monoisotopic (exact) mass is 472 g/mol. The van der Waals surface area contributed by atoms with Crippen LogP contribution in [0.4, 0.5) is 20.6 Å². The Balaban J connectivity index is 1.48. The van der Waals surface area contributed by atoms with Crippen molar-refractivity contribution in [2.45, 2.75) is 51.8 Å². The van der Waals surface area contributed by atoms with E-state index in [2.05, 4.69) is 10.6 Å². The lowest BCUT2D eigenvalue weighted by molar-refractivity contribution is -0.119. The number of carbonyl (C=O) groups excluding carboxylic acids is 3. The molecule has 0 bridgehead atoms. The molecule has 4 rings (SSSR count). The highest BCUT2D eigenvalue weighted by Crippen LogP contribution is 2.31. The third-order valence-electron chi connectivity index (χ3n) is 6.14. The molecule has 1 aromatic heterocycles. The van der Waals surface area contributed by atoms with Crippen LogP contribution in [0.25, 0.3) is 0 Å². The minimum atomic E-state index is -0.587. The quantitative estimate of drug-likeness (QED) is 0.642. The lowest BCUT2D eigenvalue weighted by atomic mass is 10.1. The second-order valence-corrected chi connectivity index (χ2v) is 8.50. The molecule has 2 aliphatic rings. The number of piperidine rings is 1. The van der Waals surface area contributed by atoms with Crippen LogP contribution in [0.15, 0.2) is 34.9 Å². The molecule has 0 spiro atoms. The van der Waals surface area contributed by atoms with E-state index >= 15 is 4.39 Å². The Hall–Kier alpha value is -3.56. The summed E-state index contributed by atoms with van der Waals surface area (Å²) < 4.78 is 25.9. The van der Waals surface area contributed by atoms with E-state index < -0.39 is 18.0 Å². The minimum absolute atomic E-state index is 0.197. The van der Waals surface area contributed by atoms with Crippen LogP contribution in [0.1, 0.15) is 49.2 Å². The molecule has 34 heavy (non-hydrogen) atoms. The Morgan fingerprint density at radius 3 is 2.79 bits per heavy atom. The second-order valence-electron chi connectivity index (χ2n) is 8.50. The molecule has 2 saturated heterocycles. The van der Waals surface area contributed by atoms with E-state index in [1.807, 2.05) is 11.8 Å². The average Bonchev–Trinajstić information content (AvgIpc) is 3.44. The van der Waals surface area contributed by atoms with Crippen molar-refractivity contribution in [3.05, 3.63) is 47.7 Å². The molecule has 3 heterocycles. The predicted molar refractivity (Wildman–Crippen MR) is 123 cm³/mol. The number of aryl methyl sites for hydroxylation is 1. The lowest BCUT2D eigenvalue weighted by Gasteiger charge is -2.38. The Morgan fingerprint density at radius 1 is 1.24 bits per heavy atom. The molecule has 3 amide bonds. The maximum Gasteiger partial charge on any atom is 0.414 e. The smallest absolute Gasteiger partial charge is 0.414 e. The van der Waals surface area contributed by atoms with Gasteiger partial charge in [-0.3, -0.25) is 14.5 Å². The topological polar surface area (TPSA) is 104 Å². The van der Waals surface area contributed by atoms with Gasteiger partial charge in [-0.05, 0) is 49.9 Å². The first-order valence-electron chi connectivity index (χ1n) is 11.5. The van der Waals surface area contributed by atoms with Crippen molar-refractivity contribution in [2.24, 2.45) is 0 Å². The van der Waals surface area contributed by atoms with Crippen LogP contribution >= 0.6 is 0 Å². The minimum Gasteiger partial charge on any atom is -0.459 e. The Kier molecular flexibility index (Phi) is 7.04. The van der Waals surface area contributed by atoms with Crippen molar-refractivity contribution in [3.63, 3.8) is 0 Å². The molecule has 2 N–H and O–H groups in total. The summed E-state index contributed by atoms with van der Waals surface area (Å²) in [6, 6.07) is 6.35. The van der Waals surface area contributed by atoms with Crippen molar-refractivity contribution >= 4 is 29.3 Å². The van der Waals surface area contributed by atoms with Crippen molar-refractivity contribution in [1.29, 1.82) is 0 Å². The molecule has 0 saturated carbocycles. The number of hydrogen-bond acceptors (Lipinski definition) is 6. The molecule has 2 fully saturated rings. The molecular formula is C24H29FN4O5. The van der Waals surface area contributed by atoms with Gasteiger partial charge in [-0.2, -0.15) is 0 Å². The van der Waals surface area contributed by atoms with Gasteiger partial charge in [0, 0.05) is 19.0 Å². The van der Waals surface area contributed by atoms with E-state index in [-0.39, 0.29) is 36.8 Å². The highest BCUT2D eigenvalue weighted by molar-refractivity contribution is 5.93. The average molecular weight is 473 g/mol. The van der Waals surface area contributed by atoms with Gasteiger partial charge in [-0.1, -0.05) is 6.92 Å². The second kappa shape index (κ2) is 10.1. The fourth-order valence-corrected chi connectivity index (χ4v) is 4.39. The number of halogens is 1. The molecule has 9 nitrogen and oxygen atoms in total. The number of nitrogens with one attached hydrogen (secondary N) is 2. The summed E-state index contributed by atoms with van der Waals surface area (Å²) in [5.41, 5.74) is 1.55. The molecule has 2 aliphatic heterocycles. The van der Waals surface area contributed by atoms with Gasteiger partial charge in [0.15, 0.2) is 5.76 Å². The lowest BCUT2D eigenvalue weighted by Crippen LogP contribution is -2.51. The summed E-state index contributed by atoms with van der Waals surface area (Å²) in [7, 11) is 0. The Morgan fingerprint density at radius 2 is 2.06 bits per heavy atom. The van der Waals surface area contributed by atoms with Crippen molar-refractivity contribution in [1.82, 2.24) is 10.6 Å². The van der Waals surface area contributed by atoms with Crippen molar-refractivity contribution < 1.29 is 27.9 Å². The Bertz CT molecular complexity index is 1070. The fourth-order valence-electron chi connectivity index (χ4n) is 4.39. The molecule has 182 valence electrons. The molecule has 2 atom stereocenters. The molecule has 10 heteroatoms. The molecule has 0 aliphatic carbocycles. The SMILES string of the molecule is CCc1ccoc1C(=O)N[C@@H]1CCCCN1c1ccc(N2C[C@H](CNC(C)=O)OC2=O)cc1F. The Labute approximate surface area is 197 Å². The number of benzene rings is 1. The van der Waals surface area contributed by atoms with Gasteiger partial charge in [0.2, 0.25) is 5.91 Å². The van der Waals surface area contributed by atoms with E-state index in [9.17, 15) is 14.4 Å². The van der Waals surface area contributed by atoms with Crippen LogP contribution in [-0.2, 0) is 16.0 Å². The van der Waals surface area contributed by atoms with Gasteiger partial charge in [-0.25, -0.2) is 9.18 Å². The van der Waals surface area contributed by atoms with Crippen molar-refractivity contribution in [2.75, 3.05) is 29.4 Å². The third-order valence-corrected chi connectivity index (χ3v) is 6.14. The number of nitrogens with zero attached hydrogens (tertiary/aromatic N) is 2. The van der Waals surface area contributed by atoms with Gasteiger partial charge in [0.05, 0.1) is 30.7 Å². The summed E-state index contributed by atoms with van der Waals surface area (Å²) in [5.74, 6) is -0.749. The zero-order chi connectivity index (χ0) is 24.2. The third kappa shape index (κ3) is 5.00. The van der Waals surface area contributed by atoms with E-state index in [4.69, 9.17) is 9.15 Å². The van der Waals surface area contributed by atoms with Crippen molar-refractivity contribution in [3.8, 4) is 0 Å². The first kappa shape index (κ1) is 23.6. The van der Waals surface area contributed by atoms with Crippen LogP contribution in [0.3, 0.4) is 0 Å².